The predicted octanol–water partition coefficient (Wildman–Crippen LogP) is 2.65. The highest BCUT2D eigenvalue weighted by Gasteiger charge is 2.39. The van der Waals surface area contributed by atoms with Gasteiger partial charge in [-0.3, -0.25) is 4.98 Å². The number of para-hydroxylation sites is 1. The summed E-state index contributed by atoms with van der Waals surface area (Å²) in [6.45, 7) is 0. The molecule has 1 fully saturated rings. The highest BCUT2D eigenvalue weighted by Crippen LogP contribution is 2.33. The zero-order chi connectivity index (χ0) is 14.0. The van der Waals surface area contributed by atoms with Crippen LogP contribution in [0.25, 0.3) is 10.9 Å². The molecule has 1 aliphatic rings. The molecule has 102 valence electrons. The molecule has 2 aromatic rings. The molecule has 0 spiro atoms. The molecule has 4 nitrogen and oxygen atoms in total. The minimum Gasteiger partial charge on any atom is -0.488 e. The SMILES string of the molecule is CNC1(C#N)CCC(Oc2cccc3cccnc23)C1. The van der Waals surface area contributed by atoms with Crippen LogP contribution in [0.4, 0.5) is 0 Å². The smallest absolute Gasteiger partial charge is 0.145 e. The van der Waals surface area contributed by atoms with Gasteiger partial charge in [0.25, 0.3) is 0 Å². The maximum absolute atomic E-state index is 9.29. The van der Waals surface area contributed by atoms with Gasteiger partial charge in [0.05, 0.1) is 6.07 Å². The maximum atomic E-state index is 9.29. The van der Waals surface area contributed by atoms with Crippen LogP contribution >= 0.6 is 0 Å². The van der Waals surface area contributed by atoms with Crippen LogP contribution in [0.2, 0.25) is 0 Å². The summed E-state index contributed by atoms with van der Waals surface area (Å²) in [4.78, 5) is 4.39. The van der Waals surface area contributed by atoms with Crippen LogP contribution in [-0.4, -0.2) is 23.7 Å². The molecule has 0 bridgehead atoms. The average Bonchev–Trinajstić information content (AvgIpc) is 2.92. The Bertz CT molecular complexity index is 659. The quantitative estimate of drug-likeness (QED) is 0.928. The number of rotatable bonds is 3. The molecule has 1 aromatic heterocycles. The van der Waals surface area contributed by atoms with Crippen LogP contribution in [0.1, 0.15) is 19.3 Å². The lowest BCUT2D eigenvalue weighted by Gasteiger charge is -2.20. The van der Waals surface area contributed by atoms with Crippen molar-refractivity contribution in [3.05, 3.63) is 36.5 Å². The third kappa shape index (κ3) is 2.21. The molecule has 1 N–H and O–H groups in total. The summed E-state index contributed by atoms with van der Waals surface area (Å²) in [5.41, 5.74) is 0.441. The Balaban J connectivity index is 1.83. The van der Waals surface area contributed by atoms with Crippen molar-refractivity contribution in [1.29, 1.82) is 5.26 Å². The molecular weight excluding hydrogens is 250 g/mol. The third-order valence-electron chi connectivity index (χ3n) is 4.05. The zero-order valence-electron chi connectivity index (χ0n) is 11.5. The molecule has 4 heteroatoms. The number of ether oxygens (including phenoxy) is 1. The first-order valence-electron chi connectivity index (χ1n) is 6.87. The molecule has 1 aromatic carbocycles. The van der Waals surface area contributed by atoms with E-state index in [0.717, 1.165) is 29.5 Å². The second-order valence-corrected chi connectivity index (χ2v) is 5.26. The fraction of sp³-hybridized carbons (Fsp3) is 0.375. The number of nitrogens with zero attached hydrogens (tertiary/aromatic N) is 2. The van der Waals surface area contributed by atoms with Crippen LogP contribution in [0.5, 0.6) is 5.75 Å². The van der Waals surface area contributed by atoms with Crippen LogP contribution in [0.3, 0.4) is 0 Å². The third-order valence-corrected chi connectivity index (χ3v) is 4.05. The number of aromatic nitrogens is 1. The number of nitrogens with one attached hydrogen (secondary N) is 1. The minimum absolute atomic E-state index is 0.0645. The molecular formula is C16H17N3O. The van der Waals surface area contributed by atoms with Crippen molar-refractivity contribution in [2.24, 2.45) is 0 Å². The van der Waals surface area contributed by atoms with E-state index in [1.54, 1.807) is 6.20 Å². The number of hydrogen-bond acceptors (Lipinski definition) is 4. The molecule has 2 atom stereocenters. The first kappa shape index (κ1) is 12.9. The van der Waals surface area contributed by atoms with E-state index in [9.17, 15) is 5.26 Å². The van der Waals surface area contributed by atoms with Crippen LogP contribution < -0.4 is 10.1 Å². The Labute approximate surface area is 118 Å². The van der Waals surface area contributed by atoms with Gasteiger partial charge < -0.3 is 10.1 Å². The minimum atomic E-state index is -0.442. The van der Waals surface area contributed by atoms with Gasteiger partial charge in [-0.05, 0) is 32.0 Å². The molecule has 2 unspecified atom stereocenters. The van der Waals surface area contributed by atoms with Gasteiger partial charge in [0.1, 0.15) is 22.9 Å². The monoisotopic (exact) mass is 267 g/mol. The number of pyridine rings is 1. The van der Waals surface area contributed by atoms with Gasteiger partial charge in [-0.2, -0.15) is 5.26 Å². The van der Waals surface area contributed by atoms with Crippen molar-refractivity contribution in [3.63, 3.8) is 0 Å². The van der Waals surface area contributed by atoms with E-state index in [1.165, 1.54) is 0 Å². The van der Waals surface area contributed by atoms with Crippen molar-refractivity contribution in [2.45, 2.75) is 30.9 Å². The molecule has 0 saturated heterocycles. The van der Waals surface area contributed by atoms with Gasteiger partial charge in [0.15, 0.2) is 0 Å². The summed E-state index contributed by atoms with van der Waals surface area (Å²) in [7, 11) is 1.84. The Morgan fingerprint density at radius 2 is 2.25 bits per heavy atom. The first-order chi connectivity index (χ1) is 9.76. The molecule has 1 saturated carbocycles. The summed E-state index contributed by atoms with van der Waals surface area (Å²) >= 11 is 0. The van der Waals surface area contributed by atoms with Crippen molar-refractivity contribution in [2.75, 3.05) is 7.05 Å². The van der Waals surface area contributed by atoms with Crippen LogP contribution in [-0.2, 0) is 0 Å². The predicted molar refractivity (Wildman–Crippen MR) is 77.4 cm³/mol. The van der Waals surface area contributed by atoms with Gasteiger partial charge in [-0.1, -0.05) is 18.2 Å². The second kappa shape index (κ2) is 5.10. The van der Waals surface area contributed by atoms with E-state index in [1.807, 2.05) is 37.4 Å². The van der Waals surface area contributed by atoms with Crippen molar-refractivity contribution >= 4 is 10.9 Å². The van der Waals surface area contributed by atoms with E-state index in [-0.39, 0.29) is 6.10 Å². The fourth-order valence-electron chi connectivity index (χ4n) is 2.84. The number of fused-ring (bicyclic) bond motifs is 1. The van der Waals surface area contributed by atoms with E-state index in [0.29, 0.717) is 6.42 Å². The average molecular weight is 267 g/mol. The molecule has 20 heavy (non-hydrogen) atoms. The van der Waals surface area contributed by atoms with Gasteiger partial charge in [-0.25, -0.2) is 0 Å². The fourth-order valence-corrected chi connectivity index (χ4v) is 2.84. The van der Waals surface area contributed by atoms with Gasteiger partial charge in [0, 0.05) is 18.0 Å². The molecule has 1 heterocycles. The summed E-state index contributed by atoms with van der Waals surface area (Å²) in [6.07, 6.45) is 4.26. The number of hydrogen-bond donors (Lipinski definition) is 1. The summed E-state index contributed by atoms with van der Waals surface area (Å²) < 4.78 is 6.09. The van der Waals surface area contributed by atoms with Gasteiger partial charge in [0.2, 0.25) is 0 Å². The lowest BCUT2D eigenvalue weighted by molar-refractivity contribution is 0.204. The standard InChI is InChI=1S/C16H17N3O/c1-18-16(11-17)8-7-13(10-16)20-14-6-2-4-12-5-3-9-19-15(12)14/h2-6,9,13,18H,7-8,10H2,1H3. The van der Waals surface area contributed by atoms with Crippen LogP contribution in [0.15, 0.2) is 36.5 Å². The maximum Gasteiger partial charge on any atom is 0.145 e. The Morgan fingerprint density at radius 1 is 1.40 bits per heavy atom. The van der Waals surface area contributed by atoms with Crippen molar-refractivity contribution in [1.82, 2.24) is 10.3 Å². The van der Waals surface area contributed by atoms with Crippen LogP contribution in [0, 0.1) is 11.3 Å². The van der Waals surface area contributed by atoms with E-state index >= 15 is 0 Å². The van der Waals surface area contributed by atoms with Crippen molar-refractivity contribution in [3.8, 4) is 11.8 Å². The summed E-state index contributed by atoms with van der Waals surface area (Å²) in [6, 6.07) is 12.3. The molecule has 0 aliphatic heterocycles. The Morgan fingerprint density at radius 3 is 3.00 bits per heavy atom. The lowest BCUT2D eigenvalue weighted by atomic mass is 10.0. The summed E-state index contributed by atoms with van der Waals surface area (Å²) in [5, 5.41) is 13.5. The van der Waals surface area contributed by atoms with Gasteiger partial charge in [-0.15, -0.1) is 0 Å². The first-order valence-corrected chi connectivity index (χ1v) is 6.87. The normalized spacial score (nSPS) is 25.5. The Hall–Kier alpha value is -2.12. The molecule has 0 radical (unpaired) electrons. The number of nitriles is 1. The highest BCUT2D eigenvalue weighted by atomic mass is 16.5. The van der Waals surface area contributed by atoms with E-state index in [4.69, 9.17) is 4.74 Å². The van der Waals surface area contributed by atoms with Crippen molar-refractivity contribution < 1.29 is 4.74 Å². The molecule has 0 amide bonds. The molecule has 3 rings (SSSR count). The zero-order valence-corrected chi connectivity index (χ0v) is 11.5. The largest absolute Gasteiger partial charge is 0.488 e. The van der Waals surface area contributed by atoms with E-state index in [2.05, 4.69) is 16.4 Å². The van der Waals surface area contributed by atoms with E-state index < -0.39 is 5.54 Å². The molecule has 1 aliphatic carbocycles. The van der Waals surface area contributed by atoms with Gasteiger partial charge >= 0.3 is 0 Å². The highest BCUT2D eigenvalue weighted by molar-refractivity contribution is 5.84. The second-order valence-electron chi connectivity index (χ2n) is 5.26. The summed E-state index contributed by atoms with van der Waals surface area (Å²) in [5.74, 6) is 0.804. The Kier molecular flexibility index (Phi) is 3.29. The number of benzene rings is 1. The topological polar surface area (TPSA) is 57.9 Å². The lowest BCUT2D eigenvalue weighted by Crippen LogP contribution is -2.39.